The third-order valence-electron chi connectivity index (χ3n) is 4.21. The highest BCUT2D eigenvalue weighted by atomic mass is 16.5. The van der Waals surface area contributed by atoms with Gasteiger partial charge in [0.25, 0.3) is 0 Å². The van der Waals surface area contributed by atoms with E-state index in [0.717, 1.165) is 19.4 Å². The van der Waals surface area contributed by atoms with Crippen LogP contribution in [0.3, 0.4) is 0 Å². The van der Waals surface area contributed by atoms with Gasteiger partial charge in [-0.3, -0.25) is 4.79 Å². The number of methoxy groups -OCH3 is 1. The SMILES string of the molecule is COC(=O)C1(N)C2CCCOC2C1(C)C. The Balaban J connectivity index is 2.28. The van der Waals surface area contributed by atoms with E-state index in [4.69, 9.17) is 15.2 Å². The molecular weight excluding hydrogens is 194 g/mol. The fourth-order valence-corrected chi connectivity index (χ4v) is 3.16. The van der Waals surface area contributed by atoms with Crippen molar-refractivity contribution in [2.45, 2.75) is 38.3 Å². The molecule has 2 N–H and O–H groups in total. The number of carbonyl (C=O) groups is 1. The molecular formula is C11H19NO3. The molecule has 0 aromatic rings. The highest BCUT2D eigenvalue weighted by Gasteiger charge is 2.71. The Morgan fingerprint density at radius 3 is 2.80 bits per heavy atom. The van der Waals surface area contributed by atoms with E-state index in [1.807, 2.05) is 13.8 Å². The van der Waals surface area contributed by atoms with Crippen molar-refractivity contribution in [3.05, 3.63) is 0 Å². The first-order valence-electron chi connectivity index (χ1n) is 5.45. The van der Waals surface area contributed by atoms with Crippen LogP contribution >= 0.6 is 0 Å². The average molecular weight is 213 g/mol. The van der Waals surface area contributed by atoms with E-state index in [-0.39, 0.29) is 23.4 Å². The summed E-state index contributed by atoms with van der Waals surface area (Å²) < 4.78 is 10.5. The van der Waals surface area contributed by atoms with Gasteiger partial charge in [-0.25, -0.2) is 0 Å². The van der Waals surface area contributed by atoms with Crippen LogP contribution in [0.25, 0.3) is 0 Å². The second-order valence-corrected chi connectivity index (χ2v) is 5.12. The summed E-state index contributed by atoms with van der Waals surface area (Å²) in [7, 11) is 1.39. The van der Waals surface area contributed by atoms with E-state index in [0.29, 0.717) is 0 Å². The van der Waals surface area contributed by atoms with Gasteiger partial charge in [-0.05, 0) is 12.8 Å². The van der Waals surface area contributed by atoms with Gasteiger partial charge in [-0.15, -0.1) is 0 Å². The van der Waals surface area contributed by atoms with Crippen LogP contribution in [0.1, 0.15) is 26.7 Å². The van der Waals surface area contributed by atoms with Gasteiger partial charge in [0.1, 0.15) is 5.54 Å². The van der Waals surface area contributed by atoms with Crippen LogP contribution in [0.5, 0.6) is 0 Å². The lowest BCUT2D eigenvalue weighted by Gasteiger charge is -2.64. The predicted octanol–water partition coefficient (Wildman–Crippen LogP) is 0.692. The maximum Gasteiger partial charge on any atom is 0.326 e. The lowest BCUT2D eigenvalue weighted by molar-refractivity contribution is -0.235. The molecule has 2 fully saturated rings. The van der Waals surface area contributed by atoms with E-state index in [1.54, 1.807) is 0 Å². The Morgan fingerprint density at radius 1 is 1.53 bits per heavy atom. The fraction of sp³-hybridized carbons (Fsp3) is 0.909. The maximum atomic E-state index is 11.8. The molecule has 4 nitrogen and oxygen atoms in total. The normalized spacial score (nSPS) is 42.7. The minimum atomic E-state index is -0.868. The summed E-state index contributed by atoms with van der Waals surface area (Å²) in [6.07, 6.45) is 2.04. The lowest BCUT2D eigenvalue weighted by Crippen LogP contribution is -2.80. The Bertz CT molecular complexity index is 290. The Kier molecular flexibility index (Phi) is 2.32. The summed E-state index contributed by atoms with van der Waals surface area (Å²) in [4.78, 5) is 11.8. The number of hydrogen-bond acceptors (Lipinski definition) is 4. The number of ether oxygens (including phenoxy) is 2. The van der Waals surface area contributed by atoms with Gasteiger partial charge in [-0.2, -0.15) is 0 Å². The molecule has 15 heavy (non-hydrogen) atoms. The summed E-state index contributed by atoms with van der Waals surface area (Å²) in [5.41, 5.74) is 5.04. The molecule has 0 aromatic carbocycles. The summed E-state index contributed by atoms with van der Waals surface area (Å²) in [5.74, 6) is -0.187. The molecule has 86 valence electrons. The number of rotatable bonds is 1. The predicted molar refractivity (Wildman–Crippen MR) is 55.2 cm³/mol. The first kappa shape index (κ1) is 10.9. The number of esters is 1. The van der Waals surface area contributed by atoms with E-state index in [2.05, 4.69) is 0 Å². The second kappa shape index (κ2) is 3.19. The van der Waals surface area contributed by atoms with Crippen LogP contribution in [0.15, 0.2) is 0 Å². The van der Waals surface area contributed by atoms with Crippen LogP contribution in [0.2, 0.25) is 0 Å². The highest BCUT2D eigenvalue weighted by Crippen LogP contribution is 2.57. The van der Waals surface area contributed by atoms with Crippen molar-refractivity contribution in [2.24, 2.45) is 17.1 Å². The van der Waals surface area contributed by atoms with Gasteiger partial charge >= 0.3 is 5.97 Å². The minimum absolute atomic E-state index is 0.107. The zero-order chi connectivity index (χ0) is 11.3. The zero-order valence-electron chi connectivity index (χ0n) is 9.58. The molecule has 0 radical (unpaired) electrons. The molecule has 1 saturated carbocycles. The van der Waals surface area contributed by atoms with Crippen molar-refractivity contribution in [1.29, 1.82) is 0 Å². The third kappa shape index (κ3) is 1.12. The van der Waals surface area contributed by atoms with Crippen molar-refractivity contribution >= 4 is 5.97 Å². The van der Waals surface area contributed by atoms with Gasteiger partial charge in [0.15, 0.2) is 0 Å². The quantitative estimate of drug-likeness (QED) is 0.651. The van der Waals surface area contributed by atoms with Gasteiger partial charge in [0, 0.05) is 17.9 Å². The molecule has 3 atom stereocenters. The molecule has 3 unspecified atom stereocenters. The number of hydrogen-bond donors (Lipinski definition) is 1. The van der Waals surface area contributed by atoms with E-state index >= 15 is 0 Å². The maximum absolute atomic E-state index is 11.8. The monoisotopic (exact) mass is 213 g/mol. The van der Waals surface area contributed by atoms with Crippen LogP contribution < -0.4 is 5.73 Å². The third-order valence-corrected chi connectivity index (χ3v) is 4.21. The molecule has 1 aliphatic carbocycles. The molecule has 1 aliphatic heterocycles. The van der Waals surface area contributed by atoms with Gasteiger partial charge < -0.3 is 15.2 Å². The van der Waals surface area contributed by atoms with Gasteiger partial charge in [0.2, 0.25) is 0 Å². The van der Waals surface area contributed by atoms with Gasteiger partial charge in [0.05, 0.1) is 13.2 Å². The molecule has 1 saturated heterocycles. The van der Waals surface area contributed by atoms with Crippen molar-refractivity contribution in [1.82, 2.24) is 0 Å². The number of fused-ring (bicyclic) bond motifs is 1. The topological polar surface area (TPSA) is 61.5 Å². The first-order chi connectivity index (χ1) is 6.96. The van der Waals surface area contributed by atoms with Crippen molar-refractivity contribution in [3.8, 4) is 0 Å². The standard InChI is InChI=1S/C11H19NO3/c1-10(2)8-7(5-4-6-15-8)11(10,12)9(13)14-3/h7-8H,4-6,12H2,1-3H3. The first-order valence-corrected chi connectivity index (χ1v) is 5.45. The molecule has 0 aromatic heterocycles. The largest absolute Gasteiger partial charge is 0.468 e. The van der Waals surface area contributed by atoms with Gasteiger partial charge in [-0.1, -0.05) is 13.8 Å². The Hall–Kier alpha value is -0.610. The Labute approximate surface area is 90.1 Å². The second-order valence-electron chi connectivity index (χ2n) is 5.12. The summed E-state index contributed by atoms with van der Waals surface area (Å²) in [6, 6.07) is 0. The van der Waals surface area contributed by atoms with Crippen LogP contribution in [-0.4, -0.2) is 31.3 Å². The lowest BCUT2D eigenvalue weighted by atomic mass is 9.46. The highest BCUT2D eigenvalue weighted by molar-refractivity contribution is 5.84. The molecule has 1 heterocycles. The molecule has 2 aliphatic rings. The molecule has 0 amide bonds. The molecule has 4 heteroatoms. The van der Waals surface area contributed by atoms with Crippen LogP contribution in [-0.2, 0) is 14.3 Å². The van der Waals surface area contributed by atoms with E-state index in [9.17, 15) is 4.79 Å². The van der Waals surface area contributed by atoms with Crippen molar-refractivity contribution in [2.75, 3.05) is 13.7 Å². The van der Waals surface area contributed by atoms with E-state index < -0.39 is 5.54 Å². The summed E-state index contributed by atoms with van der Waals surface area (Å²) in [6.45, 7) is 4.74. The number of carbonyl (C=O) groups excluding carboxylic acids is 1. The zero-order valence-corrected chi connectivity index (χ0v) is 9.58. The van der Waals surface area contributed by atoms with Crippen molar-refractivity contribution in [3.63, 3.8) is 0 Å². The van der Waals surface area contributed by atoms with Crippen LogP contribution in [0.4, 0.5) is 0 Å². The minimum Gasteiger partial charge on any atom is -0.468 e. The smallest absolute Gasteiger partial charge is 0.326 e. The fourth-order valence-electron chi connectivity index (χ4n) is 3.16. The molecule has 0 bridgehead atoms. The van der Waals surface area contributed by atoms with Crippen LogP contribution in [0, 0.1) is 11.3 Å². The summed E-state index contributed by atoms with van der Waals surface area (Å²) in [5, 5.41) is 0. The molecule has 2 rings (SSSR count). The number of nitrogens with two attached hydrogens (primary N) is 1. The van der Waals surface area contributed by atoms with E-state index in [1.165, 1.54) is 7.11 Å². The molecule has 0 spiro atoms. The average Bonchev–Trinajstić information content (AvgIpc) is 2.26. The van der Waals surface area contributed by atoms with Crippen molar-refractivity contribution < 1.29 is 14.3 Å². The summed E-state index contributed by atoms with van der Waals surface area (Å²) >= 11 is 0. The Morgan fingerprint density at radius 2 is 2.20 bits per heavy atom.